The van der Waals surface area contributed by atoms with Gasteiger partial charge < -0.3 is 16.0 Å². The van der Waals surface area contributed by atoms with Crippen molar-refractivity contribution >= 4 is 15.9 Å². The van der Waals surface area contributed by atoms with E-state index in [9.17, 15) is 13.2 Å². The molecule has 9 heteroatoms. The van der Waals surface area contributed by atoms with Crippen LogP contribution in [0.2, 0.25) is 0 Å². The second kappa shape index (κ2) is 5.04. The molecule has 0 saturated carbocycles. The third-order valence-corrected chi connectivity index (χ3v) is 4.64. The molecule has 2 rings (SSSR count). The number of H-pyrrole nitrogens is 1. The van der Waals surface area contributed by atoms with Crippen LogP contribution in [0.1, 0.15) is 6.42 Å². The summed E-state index contributed by atoms with van der Waals surface area (Å²) in [5.74, 6) is -0.676. The summed E-state index contributed by atoms with van der Waals surface area (Å²) in [5, 5.41) is 3.03. The van der Waals surface area contributed by atoms with Crippen molar-refractivity contribution in [2.24, 2.45) is 5.73 Å². The van der Waals surface area contributed by atoms with Gasteiger partial charge in [-0.3, -0.25) is 4.79 Å². The molecule has 0 radical (unpaired) electrons. The third-order valence-electron chi connectivity index (χ3n) is 2.81. The van der Waals surface area contributed by atoms with Crippen LogP contribution in [0.4, 0.5) is 0 Å². The Morgan fingerprint density at radius 2 is 2.39 bits per heavy atom. The summed E-state index contributed by atoms with van der Waals surface area (Å²) in [6.45, 7) is 0.909. The highest BCUT2D eigenvalue weighted by Crippen LogP contribution is 2.18. The van der Waals surface area contributed by atoms with Gasteiger partial charge in [-0.2, -0.15) is 4.31 Å². The van der Waals surface area contributed by atoms with Crippen molar-refractivity contribution in [3.8, 4) is 0 Å². The number of aromatic nitrogens is 2. The van der Waals surface area contributed by atoms with E-state index in [1.54, 1.807) is 0 Å². The lowest BCUT2D eigenvalue weighted by atomic mass is 10.2. The lowest BCUT2D eigenvalue weighted by molar-refractivity contribution is -0.118. The minimum Gasteiger partial charge on any atom is -0.369 e. The number of nitrogens with one attached hydrogen (secondary N) is 2. The first-order chi connectivity index (χ1) is 8.51. The molecule has 100 valence electrons. The van der Waals surface area contributed by atoms with E-state index >= 15 is 0 Å². The molecule has 18 heavy (non-hydrogen) atoms. The SMILES string of the molecule is NC(=O)CN(C1CCNC1)S(=O)(=O)c1cnc[nH]1. The number of amides is 1. The van der Waals surface area contributed by atoms with Gasteiger partial charge in [-0.05, 0) is 13.0 Å². The van der Waals surface area contributed by atoms with Crippen molar-refractivity contribution in [1.29, 1.82) is 0 Å². The molecule has 1 fully saturated rings. The van der Waals surface area contributed by atoms with Crippen molar-refractivity contribution in [2.75, 3.05) is 19.6 Å². The van der Waals surface area contributed by atoms with Crippen LogP contribution in [-0.4, -0.2) is 54.3 Å². The van der Waals surface area contributed by atoms with E-state index in [-0.39, 0.29) is 17.6 Å². The minimum absolute atomic E-state index is 0.0318. The van der Waals surface area contributed by atoms with E-state index in [0.29, 0.717) is 13.0 Å². The maximum atomic E-state index is 12.3. The average molecular weight is 273 g/mol. The Bertz CT molecular complexity index is 506. The number of sulfonamides is 1. The van der Waals surface area contributed by atoms with Crippen LogP contribution in [0.3, 0.4) is 0 Å². The maximum absolute atomic E-state index is 12.3. The molecule has 1 aliphatic heterocycles. The molecule has 2 heterocycles. The molecule has 0 aliphatic carbocycles. The normalized spacial score (nSPS) is 20.4. The molecule has 4 N–H and O–H groups in total. The van der Waals surface area contributed by atoms with Crippen LogP contribution >= 0.6 is 0 Å². The number of hydrogen-bond acceptors (Lipinski definition) is 5. The Labute approximate surface area is 105 Å². The van der Waals surface area contributed by atoms with E-state index in [2.05, 4.69) is 15.3 Å². The maximum Gasteiger partial charge on any atom is 0.260 e. The fraction of sp³-hybridized carbons (Fsp3) is 0.556. The minimum atomic E-state index is -3.76. The number of aromatic amines is 1. The van der Waals surface area contributed by atoms with Crippen LogP contribution in [0.5, 0.6) is 0 Å². The summed E-state index contributed by atoms with van der Waals surface area (Å²) in [6.07, 6.45) is 3.15. The van der Waals surface area contributed by atoms with Gasteiger partial charge in [0.2, 0.25) is 5.91 Å². The molecule has 0 aromatic carbocycles. The van der Waals surface area contributed by atoms with Crippen LogP contribution < -0.4 is 11.1 Å². The summed E-state index contributed by atoms with van der Waals surface area (Å²) in [7, 11) is -3.76. The Morgan fingerprint density at radius 1 is 1.61 bits per heavy atom. The number of rotatable bonds is 5. The number of nitrogens with zero attached hydrogens (tertiary/aromatic N) is 2. The van der Waals surface area contributed by atoms with Gasteiger partial charge >= 0.3 is 0 Å². The highest BCUT2D eigenvalue weighted by Gasteiger charge is 2.34. The Kier molecular flexibility index (Phi) is 3.64. The first-order valence-electron chi connectivity index (χ1n) is 5.51. The fourth-order valence-electron chi connectivity index (χ4n) is 1.96. The molecule has 1 amide bonds. The quantitative estimate of drug-likeness (QED) is 0.587. The van der Waals surface area contributed by atoms with Gasteiger partial charge in [0.05, 0.1) is 19.1 Å². The van der Waals surface area contributed by atoms with E-state index in [1.807, 2.05) is 0 Å². The Hall–Kier alpha value is -1.45. The summed E-state index contributed by atoms with van der Waals surface area (Å²) >= 11 is 0. The second-order valence-corrected chi connectivity index (χ2v) is 5.94. The van der Waals surface area contributed by atoms with Crippen molar-refractivity contribution in [2.45, 2.75) is 17.5 Å². The number of nitrogens with two attached hydrogens (primary N) is 1. The molecular weight excluding hydrogens is 258 g/mol. The van der Waals surface area contributed by atoms with Crippen molar-refractivity contribution in [3.05, 3.63) is 12.5 Å². The van der Waals surface area contributed by atoms with E-state index < -0.39 is 15.9 Å². The predicted octanol–water partition coefficient (Wildman–Crippen LogP) is -1.75. The van der Waals surface area contributed by atoms with Crippen molar-refractivity contribution < 1.29 is 13.2 Å². The summed E-state index contributed by atoms with van der Waals surface area (Å²) in [4.78, 5) is 17.3. The number of carbonyl (C=O) groups is 1. The summed E-state index contributed by atoms with van der Waals surface area (Å²) < 4.78 is 25.8. The highest BCUT2D eigenvalue weighted by atomic mass is 32.2. The zero-order chi connectivity index (χ0) is 13.2. The van der Waals surface area contributed by atoms with Gasteiger partial charge in [-0.25, -0.2) is 13.4 Å². The first kappa shape index (κ1) is 13.0. The number of carbonyl (C=O) groups excluding carboxylic acids is 1. The predicted molar refractivity (Wildman–Crippen MR) is 62.9 cm³/mol. The molecule has 0 bridgehead atoms. The smallest absolute Gasteiger partial charge is 0.260 e. The zero-order valence-electron chi connectivity index (χ0n) is 9.67. The average Bonchev–Trinajstić information content (AvgIpc) is 2.98. The number of primary amides is 1. The molecule has 1 aromatic rings. The second-order valence-electron chi connectivity index (χ2n) is 4.08. The molecular formula is C9H15N5O3S. The lowest BCUT2D eigenvalue weighted by Crippen LogP contribution is -2.46. The van der Waals surface area contributed by atoms with Gasteiger partial charge in [-0.1, -0.05) is 0 Å². The standard InChI is InChI=1S/C9H15N5O3S/c10-8(15)5-14(7-1-2-11-3-7)18(16,17)9-4-12-6-13-9/h4,6-7,11H,1-3,5H2,(H2,10,15)(H,12,13). The Balaban J connectivity index is 2.30. The zero-order valence-corrected chi connectivity index (χ0v) is 10.5. The van der Waals surface area contributed by atoms with E-state index in [0.717, 1.165) is 10.8 Å². The lowest BCUT2D eigenvalue weighted by Gasteiger charge is -2.25. The Morgan fingerprint density at radius 3 is 2.89 bits per heavy atom. The van der Waals surface area contributed by atoms with Crippen LogP contribution in [0, 0.1) is 0 Å². The molecule has 1 aliphatic rings. The van der Waals surface area contributed by atoms with Gasteiger partial charge in [0.1, 0.15) is 0 Å². The largest absolute Gasteiger partial charge is 0.369 e. The fourth-order valence-corrected chi connectivity index (χ4v) is 3.48. The van der Waals surface area contributed by atoms with Crippen LogP contribution in [0.15, 0.2) is 17.6 Å². The molecule has 8 nitrogen and oxygen atoms in total. The number of hydrogen-bond donors (Lipinski definition) is 3. The molecule has 1 saturated heterocycles. The van der Waals surface area contributed by atoms with Gasteiger partial charge in [0, 0.05) is 12.6 Å². The van der Waals surface area contributed by atoms with E-state index in [4.69, 9.17) is 5.73 Å². The van der Waals surface area contributed by atoms with Crippen LogP contribution in [0.25, 0.3) is 0 Å². The number of imidazole rings is 1. The van der Waals surface area contributed by atoms with Gasteiger partial charge in [0.15, 0.2) is 5.03 Å². The van der Waals surface area contributed by atoms with Gasteiger partial charge in [-0.15, -0.1) is 0 Å². The van der Waals surface area contributed by atoms with Gasteiger partial charge in [0.25, 0.3) is 10.0 Å². The molecule has 1 aromatic heterocycles. The van der Waals surface area contributed by atoms with E-state index in [1.165, 1.54) is 12.5 Å². The molecule has 1 unspecified atom stereocenters. The summed E-state index contributed by atoms with van der Waals surface area (Å²) in [5.41, 5.74) is 5.12. The summed E-state index contributed by atoms with van der Waals surface area (Å²) in [6, 6.07) is -0.259. The molecule has 1 atom stereocenters. The van der Waals surface area contributed by atoms with Crippen LogP contribution in [-0.2, 0) is 14.8 Å². The first-order valence-corrected chi connectivity index (χ1v) is 6.95. The monoisotopic (exact) mass is 273 g/mol. The molecule has 0 spiro atoms. The third kappa shape index (κ3) is 2.52. The highest BCUT2D eigenvalue weighted by molar-refractivity contribution is 7.89. The van der Waals surface area contributed by atoms with Crippen molar-refractivity contribution in [1.82, 2.24) is 19.6 Å². The van der Waals surface area contributed by atoms with Crippen molar-refractivity contribution in [3.63, 3.8) is 0 Å². The topological polar surface area (TPSA) is 121 Å².